The van der Waals surface area contributed by atoms with Crippen molar-refractivity contribution in [2.75, 3.05) is 18.6 Å². The summed E-state index contributed by atoms with van der Waals surface area (Å²) in [7, 11) is 2.08. The molecule has 1 aliphatic rings. The van der Waals surface area contributed by atoms with E-state index >= 15 is 0 Å². The molecule has 0 aliphatic heterocycles. The van der Waals surface area contributed by atoms with Gasteiger partial charge in [0.1, 0.15) is 0 Å². The molecule has 0 aromatic heterocycles. The molecule has 0 bridgehead atoms. The molecule has 0 heterocycles. The predicted octanol–water partition coefficient (Wildman–Crippen LogP) is 4.63. The number of anilines is 1. The highest BCUT2D eigenvalue weighted by Gasteiger charge is 2.06. The van der Waals surface area contributed by atoms with Gasteiger partial charge >= 0.3 is 0 Å². The molecule has 4 N–H and O–H groups in total. The van der Waals surface area contributed by atoms with Crippen LogP contribution in [0, 0.1) is 6.92 Å². The maximum absolute atomic E-state index is 8.96. The first-order valence-corrected chi connectivity index (χ1v) is 9.59. The third-order valence-corrected chi connectivity index (χ3v) is 4.67. The standard InChI is InChI=1S/C15H19NO.C7H8OS.H2O/c1-16(14-7-3-2-4-8-14)15-9-5-6-13(12-15)10-11-17;1-6-2-4-7(9-8)5-3-6;/h3,5-9,12,17H,2,4,10-11H2,1H3;2-5,8H,1H3;1H2. The van der Waals surface area contributed by atoms with Crippen LogP contribution >= 0.6 is 12.0 Å². The van der Waals surface area contributed by atoms with Crippen LogP contribution in [0.3, 0.4) is 0 Å². The normalized spacial score (nSPS) is 12.4. The quantitative estimate of drug-likeness (QED) is 0.734. The Morgan fingerprint density at radius 1 is 1.07 bits per heavy atom. The smallest absolute Gasteiger partial charge is 0.0471 e. The zero-order valence-electron chi connectivity index (χ0n) is 15.9. The molecule has 0 saturated heterocycles. The molecule has 0 spiro atoms. The molecule has 2 aromatic carbocycles. The molecule has 0 atom stereocenters. The third-order valence-electron chi connectivity index (χ3n) is 4.19. The second-order valence-electron chi connectivity index (χ2n) is 6.22. The molecule has 0 unspecified atom stereocenters. The molecule has 0 amide bonds. The van der Waals surface area contributed by atoms with Crippen LogP contribution in [0.2, 0.25) is 0 Å². The van der Waals surface area contributed by atoms with Crippen molar-refractivity contribution in [3.8, 4) is 0 Å². The Morgan fingerprint density at radius 2 is 1.81 bits per heavy atom. The van der Waals surface area contributed by atoms with Gasteiger partial charge in [-0.25, -0.2) is 0 Å². The summed E-state index contributed by atoms with van der Waals surface area (Å²) in [6.07, 6.45) is 9.62. The fourth-order valence-corrected chi connectivity index (χ4v) is 2.90. The number of hydrogen-bond acceptors (Lipinski definition) is 4. The minimum Gasteiger partial charge on any atom is -0.412 e. The molecule has 1 aliphatic carbocycles. The topological polar surface area (TPSA) is 75.2 Å². The monoisotopic (exact) mass is 387 g/mol. The van der Waals surface area contributed by atoms with E-state index < -0.39 is 0 Å². The van der Waals surface area contributed by atoms with Gasteiger partial charge in [-0.1, -0.05) is 42.0 Å². The zero-order chi connectivity index (χ0) is 18.8. The Labute approximate surface area is 166 Å². The number of nitrogens with zero attached hydrogens (tertiary/aromatic N) is 1. The lowest BCUT2D eigenvalue weighted by Crippen LogP contribution is -2.16. The molecule has 0 saturated carbocycles. The number of aliphatic hydroxyl groups is 1. The van der Waals surface area contributed by atoms with E-state index in [1.807, 2.05) is 37.3 Å². The molecule has 146 valence electrons. The number of likely N-dealkylation sites (N-methyl/N-ethyl adjacent to an activating group) is 1. The van der Waals surface area contributed by atoms with Gasteiger partial charge in [-0.3, -0.25) is 0 Å². The highest BCUT2D eigenvalue weighted by atomic mass is 32.2. The summed E-state index contributed by atoms with van der Waals surface area (Å²) >= 11 is 0.777. The van der Waals surface area contributed by atoms with Gasteiger partial charge < -0.3 is 20.0 Å². The van der Waals surface area contributed by atoms with Gasteiger partial charge in [0, 0.05) is 42.0 Å². The molecule has 2 aromatic rings. The highest BCUT2D eigenvalue weighted by molar-refractivity contribution is 7.93. The summed E-state index contributed by atoms with van der Waals surface area (Å²) < 4.78 is 8.55. The largest absolute Gasteiger partial charge is 0.412 e. The second-order valence-corrected chi connectivity index (χ2v) is 6.87. The van der Waals surface area contributed by atoms with E-state index in [0.717, 1.165) is 36.2 Å². The number of hydrogen-bond donors (Lipinski definition) is 2. The Kier molecular flexibility index (Phi) is 10.5. The Morgan fingerprint density at radius 3 is 2.41 bits per heavy atom. The van der Waals surface area contributed by atoms with Gasteiger partial charge in [0.25, 0.3) is 0 Å². The summed E-state index contributed by atoms with van der Waals surface area (Å²) in [5.41, 5.74) is 4.82. The van der Waals surface area contributed by atoms with Crippen LogP contribution in [0.1, 0.15) is 24.0 Å². The Balaban J connectivity index is 0.000000310. The van der Waals surface area contributed by atoms with Crippen LogP contribution in [-0.4, -0.2) is 28.8 Å². The van der Waals surface area contributed by atoms with E-state index in [-0.39, 0.29) is 12.1 Å². The number of allylic oxidation sites excluding steroid dienone is 3. The minimum atomic E-state index is 0. The molecule has 0 radical (unpaired) electrons. The van der Waals surface area contributed by atoms with Gasteiger partial charge in [0.05, 0.1) is 0 Å². The van der Waals surface area contributed by atoms with E-state index in [4.69, 9.17) is 9.66 Å². The molecular formula is C22H29NO3S. The number of aliphatic hydroxyl groups excluding tert-OH is 1. The molecular weight excluding hydrogens is 358 g/mol. The predicted molar refractivity (Wildman–Crippen MR) is 115 cm³/mol. The maximum atomic E-state index is 8.96. The molecule has 27 heavy (non-hydrogen) atoms. The average Bonchev–Trinajstić information content (AvgIpc) is 2.70. The first kappa shape index (κ1) is 23.0. The lowest BCUT2D eigenvalue weighted by Gasteiger charge is -2.23. The van der Waals surface area contributed by atoms with Crippen LogP contribution in [0.5, 0.6) is 0 Å². The average molecular weight is 388 g/mol. The fourth-order valence-electron chi connectivity index (χ4n) is 2.65. The Bertz CT molecular complexity index is 741. The van der Waals surface area contributed by atoms with Crippen LogP contribution in [0.4, 0.5) is 5.69 Å². The summed E-state index contributed by atoms with van der Waals surface area (Å²) in [5.74, 6) is 0. The van der Waals surface area contributed by atoms with Crippen LogP contribution in [0.25, 0.3) is 0 Å². The van der Waals surface area contributed by atoms with E-state index in [2.05, 4.69) is 48.4 Å². The molecule has 4 nitrogen and oxygen atoms in total. The number of benzene rings is 2. The van der Waals surface area contributed by atoms with Gasteiger partial charge in [0.2, 0.25) is 0 Å². The van der Waals surface area contributed by atoms with Gasteiger partial charge in [0.15, 0.2) is 0 Å². The van der Waals surface area contributed by atoms with Crippen molar-refractivity contribution in [2.24, 2.45) is 0 Å². The van der Waals surface area contributed by atoms with Crippen molar-refractivity contribution in [3.63, 3.8) is 0 Å². The number of rotatable bonds is 5. The van der Waals surface area contributed by atoms with Gasteiger partial charge in [-0.15, -0.1) is 0 Å². The number of aryl methyl sites for hydroxylation is 1. The molecule has 5 heteroatoms. The van der Waals surface area contributed by atoms with Crippen LogP contribution in [-0.2, 0) is 6.42 Å². The van der Waals surface area contributed by atoms with Gasteiger partial charge in [-0.05, 0) is 62.1 Å². The van der Waals surface area contributed by atoms with E-state index in [0.29, 0.717) is 0 Å². The lowest BCUT2D eigenvalue weighted by atomic mass is 10.1. The highest BCUT2D eigenvalue weighted by Crippen LogP contribution is 2.22. The Hall–Kier alpha value is -2.05. The minimum absolute atomic E-state index is 0. The molecule has 3 rings (SSSR count). The fraction of sp³-hybridized carbons (Fsp3) is 0.273. The zero-order valence-corrected chi connectivity index (χ0v) is 16.7. The van der Waals surface area contributed by atoms with Crippen molar-refractivity contribution in [1.29, 1.82) is 0 Å². The van der Waals surface area contributed by atoms with Crippen molar-refractivity contribution in [1.82, 2.24) is 0 Å². The van der Waals surface area contributed by atoms with E-state index in [1.165, 1.54) is 22.5 Å². The van der Waals surface area contributed by atoms with Crippen molar-refractivity contribution in [2.45, 2.75) is 31.1 Å². The van der Waals surface area contributed by atoms with Crippen molar-refractivity contribution in [3.05, 3.63) is 83.6 Å². The first-order valence-electron chi connectivity index (χ1n) is 8.82. The second kappa shape index (κ2) is 12.4. The summed E-state index contributed by atoms with van der Waals surface area (Å²) in [6, 6.07) is 16.1. The summed E-state index contributed by atoms with van der Waals surface area (Å²) in [4.78, 5) is 3.08. The third kappa shape index (κ3) is 7.61. The summed E-state index contributed by atoms with van der Waals surface area (Å²) in [6.45, 7) is 2.22. The molecule has 0 fully saturated rings. The van der Waals surface area contributed by atoms with Gasteiger partial charge in [-0.2, -0.15) is 0 Å². The van der Waals surface area contributed by atoms with Crippen LogP contribution < -0.4 is 4.90 Å². The lowest BCUT2D eigenvalue weighted by molar-refractivity contribution is 0.299. The maximum Gasteiger partial charge on any atom is 0.0471 e. The SMILES string of the molecule is CN(C1=CCCC=C1)c1cccc(CCO)c1.Cc1ccc(SO)cc1.O. The van der Waals surface area contributed by atoms with E-state index in [9.17, 15) is 0 Å². The van der Waals surface area contributed by atoms with E-state index in [1.54, 1.807) is 0 Å². The van der Waals surface area contributed by atoms with Crippen molar-refractivity contribution < 1.29 is 15.1 Å². The van der Waals surface area contributed by atoms with Crippen molar-refractivity contribution >= 4 is 17.7 Å². The first-order chi connectivity index (χ1) is 12.6. The van der Waals surface area contributed by atoms with Crippen LogP contribution in [0.15, 0.2) is 77.4 Å². The summed E-state index contributed by atoms with van der Waals surface area (Å²) in [5, 5.41) is 8.96.